The molecule has 0 aliphatic heterocycles. The van der Waals surface area contributed by atoms with Crippen molar-refractivity contribution in [1.82, 2.24) is 0 Å². The number of thiophene rings is 1. The molecule has 1 aromatic rings. The molecule has 0 saturated heterocycles. The summed E-state index contributed by atoms with van der Waals surface area (Å²) >= 11 is 1.93. The SMILES string of the molecule is CC(C)c1cc2c(s1)C(N)CCC2. The van der Waals surface area contributed by atoms with Crippen LogP contribution < -0.4 is 5.73 Å². The molecule has 1 atom stereocenters. The molecule has 2 heteroatoms. The second-order valence-electron chi connectivity index (χ2n) is 4.19. The summed E-state index contributed by atoms with van der Waals surface area (Å²) in [6, 6.07) is 2.69. The lowest BCUT2D eigenvalue weighted by molar-refractivity contribution is 0.582. The van der Waals surface area contributed by atoms with E-state index in [1.807, 2.05) is 11.3 Å². The van der Waals surface area contributed by atoms with Gasteiger partial charge in [0, 0.05) is 15.8 Å². The lowest BCUT2D eigenvalue weighted by Gasteiger charge is -2.17. The van der Waals surface area contributed by atoms with Crippen molar-refractivity contribution in [2.24, 2.45) is 5.73 Å². The molecular formula is C11H17NS. The topological polar surface area (TPSA) is 26.0 Å². The maximum atomic E-state index is 6.07. The minimum Gasteiger partial charge on any atom is -0.323 e. The van der Waals surface area contributed by atoms with E-state index in [1.54, 1.807) is 0 Å². The molecule has 0 spiro atoms. The molecule has 0 fully saturated rings. The minimum atomic E-state index is 0.321. The number of fused-ring (bicyclic) bond motifs is 1. The molecule has 0 bridgehead atoms. The third-order valence-corrected chi connectivity index (χ3v) is 4.34. The summed E-state index contributed by atoms with van der Waals surface area (Å²) < 4.78 is 0. The van der Waals surface area contributed by atoms with Gasteiger partial charge in [-0.15, -0.1) is 11.3 Å². The van der Waals surface area contributed by atoms with E-state index < -0.39 is 0 Å². The fraction of sp³-hybridized carbons (Fsp3) is 0.636. The van der Waals surface area contributed by atoms with Crippen molar-refractivity contribution in [3.05, 3.63) is 21.4 Å². The zero-order valence-electron chi connectivity index (χ0n) is 8.34. The Labute approximate surface area is 84.0 Å². The van der Waals surface area contributed by atoms with Crippen LogP contribution in [-0.2, 0) is 6.42 Å². The zero-order chi connectivity index (χ0) is 9.42. The van der Waals surface area contributed by atoms with Crippen molar-refractivity contribution in [3.63, 3.8) is 0 Å². The van der Waals surface area contributed by atoms with Crippen LogP contribution >= 0.6 is 11.3 Å². The highest BCUT2D eigenvalue weighted by Crippen LogP contribution is 2.37. The van der Waals surface area contributed by atoms with Crippen LogP contribution in [0, 0.1) is 0 Å². The molecule has 1 nitrogen and oxygen atoms in total. The molecule has 2 rings (SSSR count). The van der Waals surface area contributed by atoms with Gasteiger partial charge in [-0.2, -0.15) is 0 Å². The van der Waals surface area contributed by atoms with Crippen LogP contribution in [0.5, 0.6) is 0 Å². The third-order valence-electron chi connectivity index (χ3n) is 2.73. The summed E-state index contributed by atoms with van der Waals surface area (Å²) in [4.78, 5) is 2.96. The van der Waals surface area contributed by atoms with Crippen molar-refractivity contribution in [1.29, 1.82) is 0 Å². The van der Waals surface area contributed by atoms with Crippen molar-refractivity contribution in [2.45, 2.75) is 45.1 Å². The predicted octanol–water partition coefficient (Wildman–Crippen LogP) is 3.21. The first-order valence-electron chi connectivity index (χ1n) is 5.06. The van der Waals surface area contributed by atoms with E-state index in [4.69, 9.17) is 5.73 Å². The van der Waals surface area contributed by atoms with Crippen LogP contribution in [0.15, 0.2) is 6.07 Å². The summed E-state index contributed by atoms with van der Waals surface area (Å²) in [5.74, 6) is 0.655. The molecule has 13 heavy (non-hydrogen) atoms. The molecule has 0 amide bonds. The van der Waals surface area contributed by atoms with Gasteiger partial charge in [-0.3, -0.25) is 0 Å². The Hall–Kier alpha value is -0.340. The lowest BCUT2D eigenvalue weighted by Crippen LogP contribution is -2.14. The first-order valence-corrected chi connectivity index (χ1v) is 5.88. The minimum absolute atomic E-state index is 0.321. The second-order valence-corrected chi connectivity index (χ2v) is 5.31. The van der Waals surface area contributed by atoms with Gasteiger partial charge in [0.25, 0.3) is 0 Å². The van der Waals surface area contributed by atoms with E-state index >= 15 is 0 Å². The number of hydrogen-bond donors (Lipinski definition) is 1. The summed E-state index contributed by atoms with van der Waals surface area (Å²) in [7, 11) is 0. The predicted molar refractivity (Wildman–Crippen MR) is 58.3 cm³/mol. The first-order chi connectivity index (χ1) is 6.18. The summed E-state index contributed by atoms with van der Waals surface area (Å²) in [5, 5.41) is 0. The number of hydrogen-bond acceptors (Lipinski definition) is 2. The Morgan fingerprint density at radius 1 is 1.54 bits per heavy atom. The quantitative estimate of drug-likeness (QED) is 0.731. The van der Waals surface area contributed by atoms with Crippen molar-refractivity contribution in [2.75, 3.05) is 0 Å². The van der Waals surface area contributed by atoms with E-state index in [1.165, 1.54) is 34.6 Å². The summed E-state index contributed by atoms with van der Waals surface area (Å²) in [5.41, 5.74) is 7.59. The highest BCUT2D eigenvalue weighted by molar-refractivity contribution is 7.12. The first kappa shape index (κ1) is 9.22. The lowest BCUT2D eigenvalue weighted by atomic mass is 9.95. The van der Waals surface area contributed by atoms with Crippen LogP contribution in [-0.4, -0.2) is 0 Å². The van der Waals surface area contributed by atoms with Gasteiger partial charge in [0.2, 0.25) is 0 Å². The Kier molecular flexibility index (Phi) is 2.43. The molecule has 0 aromatic carbocycles. The molecule has 1 aliphatic carbocycles. The molecule has 0 saturated carbocycles. The van der Waals surface area contributed by atoms with Crippen LogP contribution in [0.2, 0.25) is 0 Å². The monoisotopic (exact) mass is 195 g/mol. The van der Waals surface area contributed by atoms with Gasteiger partial charge in [0.1, 0.15) is 0 Å². The van der Waals surface area contributed by atoms with Gasteiger partial charge >= 0.3 is 0 Å². The van der Waals surface area contributed by atoms with Crippen molar-refractivity contribution >= 4 is 11.3 Å². The number of rotatable bonds is 1. The normalized spacial score (nSPS) is 22.0. The number of aryl methyl sites for hydroxylation is 1. The van der Waals surface area contributed by atoms with Gasteiger partial charge in [-0.05, 0) is 36.8 Å². The van der Waals surface area contributed by atoms with Crippen LogP contribution in [0.1, 0.15) is 54.0 Å². The molecular weight excluding hydrogens is 178 g/mol. The van der Waals surface area contributed by atoms with Crippen molar-refractivity contribution in [3.8, 4) is 0 Å². The molecule has 72 valence electrons. The van der Waals surface area contributed by atoms with E-state index in [0.717, 1.165) is 0 Å². The standard InChI is InChI=1S/C11H17NS/c1-7(2)10-6-8-4-3-5-9(12)11(8)13-10/h6-7,9H,3-5,12H2,1-2H3. The van der Waals surface area contributed by atoms with Gasteiger partial charge in [-0.1, -0.05) is 13.8 Å². The molecule has 1 aliphatic rings. The fourth-order valence-electron chi connectivity index (χ4n) is 1.90. The average molecular weight is 195 g/mol. The molecule has 2 N–H and O–H groups in total. The van der Waals surface area contributed by atoms with Crippen LogP contribution in [0.4, 0.5) is 0 Å². The van der Waals surface area contributed by atoms with Crippen LogP contribution in [0.3, 0.4) is 0 Å². The Bertz CT molecular complexity index is 301. The van der Waals surface area contributed by atoms with E-state index in [9.17, 15) is 0 Å². The Morgan fingerprint density at radius 2 is 2.31 bits per heavy atom. The zero-order valence-corrected chi connectivity index (χ0v) is 9.16. The second kappa shape index (κ2) is 3.43. The molecule has 1 unspecified atom stereocenters. The molecule has 1 heterocycles. The van der Waals surface area contributed by atoms with Crippen molar-refractivity contribution < 1.29 is 0 Å². The van der Waals surface area contributed by atoms with E-state index in [-0.39, 0.29) is 0 Å². The maximum absolute atomic E-state index is 6.07. The fourth-order valence-corrected chi connectivity index (χ4v) is 3.15. The maximum Gasteiger partial charge on any atom is 0.0392 e. The summed E-state index contributed by atoms with van der Waals surface area (Å²) in [6.45, 7) is 4.51. The average Bonchev–Trinajstić information content (AvgIpc) is 2.49. The Balaban J connectivity index is 2.36. The highest BCUT2D eigenvalue weighted by Gasteiger charge is 2.20. The third kappa shape index (κ3) is 1.65. The number of nitrogens with two attached hydrogens (primary N) is 1. The van der Waals surface area contributed by atoms with Gasteiger partial charge < -0.3 is 5.73 Å². The molecule has 1 aromatic heterocycles. The van der Waals surface area contributed by atoms with E-state index in [0.29, 0.717) is 12.0 Å². The van der Waals surface area contributed by atoms with Crippen LogP contribution in [0.25, 0.3) is 0 Å². The van der Waals surface area contributed by atoms with Gasteiger partial charge in [-0.25, -0.2) is 0 Å². The van der Waals surface area contributed by atoms with E-state index in [2.05, 4.69) is 19.9 Å². The molecule has 0 radical (unpaired) electrons. The van der Waals surface area contributed by atoms with Gasteiger partial charge in [0.05, 0.1) is 0 Å². The smallest absolute Gasteiger partial charge is 0.0392 e. The largest absolute Gasteiger partial charge is 0.323 e. The Morgan fingerprint density at radius 3 is 2.92 bits per heavy atom. The summed E-state index contributed by atoms with van der Waals surface area (Å²) in [6.07, 6.45) is 3.68. The van der Waals surface area contributed by atoms with Gasteiger partial charge in [0.15, 0.2) is 0 Å². The highest BCUT2D eigenvalue weighted by atomic mass is 32.1.